The van der Waals surface area contributed by atoms with Crippen LogP contribution in [0, 0.1) is 0 Å². The first-order chi connectivity index (χ1) is 5.33. The fourth-order valence-corrected chi connectivity index (χ4v) is 0.978. The first-order valence-corrected chi connectivity index (χ1v) is 4.12. The Morgan fingerprint density at radius 1 is 1.00 bits per heavy atom. The summed E-state index contributed by atoms with van der Waals surface area (Å²) in [5.41, 5.74) is -1.13. The first kappa shape index (κ1) is 11.8. The van der Waals surface area contributed by atoms with Gasteiger partial charge in [0.2, 0.25) is 0 Å². The molecule has 0 aromatic carbocycles. The average molecular weight is 184 g/mol. The number of hydrogen-bond acceptors (Lipinski definition) is 1. The molecule has 0 unspecified atom stereocenters. The smallest absolute Gasteiger partial charge is 0.389 e. The molecule has 0 saturated heterocycles. The lowest BCUT2D eigenvalue weighted by atomic mass is 9.92. The van der Waals surface area contributed by atoms with E-state index in [-0.39, 0.29) is 6.42 Å². The molecular weight excluding hydrogens is 169 g/mol. The molecule has 0 heterocycles. The van der Waals surface area contributed by atoms with Crippen molar-refractivity contribution in [2.24, 2.45) is 0 Å². The van der Waals surface area contributed by atoms with Crippen LogP contribution in [0.5, 0.6) is 0 Å². The van der Waals surface area contributed by atoms with E-state index in [2.05, 4.69) is 0 Å². The summed E-state index contributed by atoms with van der Waals surface area (Å²) in [4.78, 5) is 0. The fourth-order valence-electron chi connectivity index (χ4n) is 0.978. The molecular formula is C8H15F3O. The van der Waals surface area contributed by atoms with Crippen LogP contribution in [0.25, 0.3) is 0 Å². The van der Waals surface area contributed by atoms with Gasteiger partial charge in [-0.3, -0.25) is 0 Å². The Bertz CT molecular complexity index is 127. The molecule has 1 nitrogen and oxygen atoms in total. The van der Waals surface area contributed by atoms with Crippen LogP contribution in [-0.2, 0) is 0 Å². The van der Waals surface area contributed by atoms with Crippen molar-refractivity contribution < 1.29 is 18.3 Å². The van der Waals surface area contributed by atoms with Crippen molar-refractivity contribution in [1.82, 2.24) is 0 Å². The average Bonchev–Trinajstić information content (AvgIpc) is 1.99. The number of hydrogen-bond donors (Lipinski definition) is 1. The van der Waals surface area contributed by atoms with Gasteiger partial charge in [-0.15, -0.1) is 0 Å². The SMILES string of the molecule is CCC(O)(CC)CCC(F)(F)F. The van der Waals surface area contributed by atoms with Crippen molar-refractivity contribution in [2.75, 3.05) is 0 Å². The van der Waals surface area contributed by atoms with Crippen LogP contribution in [0.3, 0.4) is 0 Å². The van der Waals surface area contributed by atoms with E-state index in [1.54, 1.807) is 13.8 Å². The number of aliphatic hydroxyl groups is 1. The van der Waals surface area contributed by atoms with Crippen molar-refractivity contribution in [3.8, 4) is 0 Å². The fraction of sp³-hybridized carbons (Fsp3) is 1.00. The Balaban J connectivity index is 3.89. The van der Waals surface area contributed by atoms with E-state index < -0.39 is 18.2 Å². The van der Waals surface area contributed by atoms with Crippen LogP contribution < -0.4 is 0 Å². The molecule has 0 aliphatic carbocycles. The van der Waals surface area contributed by atoms with E-state index >= 15 is 0 Å². The van der Waals surface area contributed by atoms with Gasteiger partial charge >= 0.3 is 6.18 Å². The van der Waals surface area contributed by atoms with Gasteiger partial charge in [0.15, 0.2) is 0 Å². The molecule has 0 atom stereocenters. The summed E-state index contributed by atoms with van der Waals surface area (Å²) < 4.78 is 35.2. The van der Waals surface area contributed by atoms with Crippen LogP contribution in [0.1, 0.15) is 39.5 Å². The van der Waals surface area contributed by atoms with Gasteiger partial charge in [0.05, 0.1) is 5.60 Å². The molecule has 0 saturated carbocycles. The first-order valence-electron chi connectivity index (χ1n) is 4.12. The Morgan fingerprint density at radius 3 is 1.67 bits per heavy atom. The summed E-state index contributed by atoms with van der Waals surface area (Å²) in [6, 6.07) is 0. The van der Waals surface area contributed by atoms with Gasteiger partial charge in [-0.2, -0.15) is 13.2 Å². The van der Waals surface area contributed by atoms with Gasteiger partial charge in [0, 0.05) is 6.42 Å². The van der Waals surface area contributed by atoms with Gasteiger partial charge in [0.25, 0.3) is 0 Å². The molecule has 4 heteroatoms. The highest BCUT2D eigenvalue weighted by Gasteiger charge is 2.32. The molecule has 0 bridgehead atoms. The molecule has 0 rings (SSSR count). The highest BCUT2D eigenvalue weighted by Crippen LogP contribution is 2.29. The third-order valence-electron chi connectivity index (χ3n) is 2.19. The summed E-state index contributed by atoms with van der Waals surface area (Å²) in [6.07, 6.45) is -4.49. The van der Waals surface area contributed by atoms with E-state index in [9.17, 15) is 18.3 Å². The van der Waals surface area contributed by atoms with E-state index in [0.717, 1.165) is 0 Å². The quantitative estimate of drug-likeness (QED) is 0.712. The Morgan fingerprint density at radius 2 is 1.42 bits per heavy atom. The minimum absolute atomic E-state index is 0.191. The maximum absolute atomic E-state index is 11.7. The zero-order chi connectivity index (χ0) is 9.83. The van der Waals surface area contributed by atoms with E-state index in [4.69, 9.17) is 0 Å². The molecule has 0 amide bonds. The number of alkyl halides is 3. The van der Waals surface area contributed by atoms with Crippen molar-refractivity contribution in [2.45, 2.75) is 51.3 Å². The second-order valence-corrected chi connectivity index (χ2v) is 3.05. The van der Waals surface area contributed by atoms with Gasteiger partial charge in [-0.05, 0) is 19.3 Å². The van der Waals surface area contributed by atoms with Gasteiger partial charge < -0.3 is 5.11 Å². The third kappa shape index (κ3) is 4.59. The maximum Gasteiger partial charge on any atom is 0.389 e. The van der Waals surface area contributed by atoms with Crippen LogP contribution in [0.15, 0.2) is 0 Å². The van der Waals surface area contributed by atoms with Gasteiger partial charge in [-0.25, -0.2) is 0 Å². The largest absolute Gasteiger partial charge is 0.390 e. The summed E-state index contributed by atoms with van der Waals surface area (Å²) in [5.74, 6) is 0. The summed E-state index contributed by atoms with van der Waals surface area (Å²) in [7, 11) is 0. The predicted molar refractivity (Wildman–Crippen MR) is 40.8 cm³/mol. The van der Waals surface area contributed by atoms with Crippen LogP contribution in [0.2, 0.25) is 0 Å². The molecule has 1 N–H and O–H groups in total. The predicted octanol–water partition coefficient (Wildman–Crippen LogP) is 2.88. The van der Waals surface area contributed by atoms with Crippen molar-refractivity contribution in [3.05, 3.63) is 0 Å². The van der Waals surface area contributed by atoms with Crippen LogP contribution in [-0.4, -0.2) is 16.9 Å². The lowest BCUT2D eigenvalue weighted by molar-refractivity contribution is -0.147. The van der Waals surface area contributed by atoms with Crippen molar-refractivity contribution in [3.63, 3.8) is 0 Å². The topological polar surface area (TPSA) is 20.2 Å². The van der Waals surface area contributed by atoms with Crippen molar-refractivity contribution >= 4 is 0 Å². The summed E-state index contributed by atoms with van der Waals surface area (Å²) in [6.45, 7) is 3.39. The Hall–Kier alpha value is -0.250. The maximum atomic E-state index is 11.7. The molecule has 0 aromatic heterocycles. The third-order valence-corrected chi connectivity index (χ3v) is 2.19. The lowest BCUT2D eigenvalue weighted by Crippen LogP contribution is -2.28. The molecule has 0 aliphatic heterocycles. The highest BCUT2D eigenvalue weighted by atomic mass is 19.4. The van der Waals surface area contributed by atoms with Crippen molar-refractivity contribution in [1.29, 1.82) is 0 Å². The second-order valence-electron chi connectivity index (χ2n) is 3.05. The van der Waals surface area contributed by atoms with Gasteiger partial charge in [-0.1, -0.05) is 13.8 Å². The zero-order valence-corrected chi connectivity index (χ0v) is 7.41. The molecule has 0 fully saturated rings. The number of halogens is 3. The lowest BCUT2D eigenvalue weighted by Gasteiger charge is -2.25. The van der Waals surface area contributed by atoms with Crippen LogP contribution >= 0.6 is 0 Å². The normalized spacial score (nSPS) is 13.5. The Kier molecular flexibility index (Phi) is 4.03. The van der Waals surface area contributed by atoms with E-state index in [1.807, 2.05) is 0 Å². The summed E-state index contributed by atoms with van der Waals surface area (Å²) in [5, 5.41) is 9.49. The zero-order valence-electron chi connectivity index (χ0n) is 7.41. The minimum Gasteiger partial charge on any atom is -0.390 e. The highest BCUT2D eigenvalue weighted by molar-refractivity contribution is 4.75. The molecule has 0 spiro atoms. The van der Waals surface area contributed by atoms with Gasteiger partial charge in [0.1, 0.15) is 0 Å². The molecule has 0 aliphatic rings. The molecule has 0 radical (unpaired) electrons. The molecule has 12 heavy (non-hydrogen) atoms. The summed E-state index contributed by atoms with van der Waals surface area (Å²) >= 11 is 0. The molecule has 0 aromatic rings. The van der Waals surface area contributed by atoms with E-state index in [0.29, 0.717) is 12.8 Å². The minimum atomic E-state index is -4.15. The molecule has 74 valence electrons. The van der Waals surface area contributed by atoms with Crippen LogP contribution in [0.4, 0.5) is 13.2 Å². The second kappa shape index (κ2) is 4.12. The standard InChI is InChI=1S/C8H15F3O/c1-3-7(12,4-2)5-6-8(9,10)11/h12H,3-6H2,1-2H3. The number of rotatable bonds is 4. The van der Waals surface area contributed by atoms with E-state index in [1.165, 1.54) is 0 Å². The Labute approximate surface area is 70.6 Å². The monoisotopic (exact) mass is 184 g/mol.